The van der Waals surface area contributed by atoms with Gasteiger partial charge in [0.05, 0.1) is 30.9 Å². The number of thiazole rings is 1. The molecule has 11 heteroatoms. The average Bonchev–Trinajstić information content (AvgIpc) is 3.90. The van der Waals surface area contributed by atoms with Crippen molar-refractivity contribution in [3.63, 3.8) is 0 Å². The van der Waals surface area contributed by atoms with Crippen molar-refractivity contribution >= 4 is 29.0 Å². The summed E-state index contributed by atoms with van der Waals surface area (Å²) in [4.78, 5) is 22.7. The lowest BCUT2D eigenvalue weighted by Crippen LogP contribution is -2.50. The van der Waals surface area contributed by atoms with Crippen molar-refractivity contribution in [2.75, 3.05) is 33.3 Å². The van der Waals surface area contributed by atoms with Gasteiger partial charge in [0, 0.05) is 31.6 Å². The Balaban J connectivity index is 1.03. The Labute approximate surface area is 275 Å². The number of furan rings is 1. The van der Waals surface area contributed by atoms with E-state index in [0.29, 0.717) is 47.0 Å². The van der Waals surface area contributed by atoms with Crippen LogP contribution in [0.15, 0.2) is 118 Å². The third-order valence-electron chi connectivity index (χ3n) is 7.99. The molecule has 0 atom stereocenters. The minimum Gasteiger partial charge on any atom is -0.495 e. The van der Waals surface area contributed by atoms with Crippen molar-refractivity contribution in [1.29, 1.82) is 0 Å². The molecule has 0 radical (unpaired) electrons. The van der Waals surface area contributed by atoms with Gasteiger partial charge in [-0.1, -0.05) is 84.6 Å². The van der Waals surface area contributed by atoms with Gasteiger partial charge < -0.3 is 14.1 Å². The maximum Gasteiger partial charge on any atom is 0.273 e. The number of methoxy groups -OCH3 is 1. The quantitative estimate of drug-likeness (QED) is 0.149. The van der Waals surface area contributed by atoms with Crippen LogP contribution in [0.5, 0.6) is 5.75 Å². The molecule has 6 aromatic rings. The Morgan fingerprint density at radius 3 is 2.26 bits per heavy atom. The normalized spacial score (nSPS) is 13.7. The number of benzene rings is 3. The standard InChI is InChI=1S/C35H32N6O3S2/c1-43-29-16-9-8-15-28(29)41-33(30-17-10-22-44-30)37-38-35(41)46-24-31-36-27(23-45-31)34(42)40-20-18-39(19-21-40)32(25-11-4-2-5-12-25)26-13-6-3-7-14-26/h2-17,22-23,32H,18-21,24H2,1H3. The van der Waals surface area contributed by atoms with Gasteiger partial charge in [-0.2, -0.15) is 0 Å². The van der Waals surface area contributed by atoms with Crippen LogP contribution in [-0.2, 0) is 5.75 Å². The summed E-state index contributed by atoms with van der Waals surface area (Å²) in [6, 6.07) is 32.7. The highest BCUT2D eigenvalue weighted by Gasteiger charge is 2.29. The first-order chi connectivity index (χ1) is 22.7. The second-order valence-corrected chi connectivity index (χ2v) is 12.6. The van der Waals surface area contributed by atoms with E-state index >= 15 is 0 Å². The zero-order chi connectivity index (χ0) is 31.3. The number of carbonyl (C=O) groups is 1. The maximum absolute atomic E-state index is 13.5. The van der Waals surface area contributed by atoms with Crippen LogP contribution in [0.1, 0.15) is 32.7 Å². The Bertz CT molecular complexity index is 1840. The summed E-state index contributed by atoms with van der Waals surface area (Å²) in [6.45, 7) is 2.86. The molecule has 1 saturated heterocycles. The SMILES string of the molecule is COc1ccccc1-n1c(SCc2nc(C(=O)N3CCN(C(c4ccccc4)c4ccccc4)CC3)cs2)nnc1-c1ccco1. The third kappa shape index (κ3) is 6.21. The fourth-order valence-corrected chi connectivity index (χ4v) is 7.52. The summed E-state index contributed by atoms with van der Waals surface area (Å²) < 4.78 is 13.2. The number of rotatable bonds is 10. The minimum absolute atomic E-state index is 0.0274. The number of hydrogen-bond acceptors (Lipinski definition) is 9. The number of amides is 1. The highest BCUT2D eigenvalue weighted by atomic mass is 32.2. The van der Waals surface area contributed by atoms with Crippen LogP contribution in [0.4, 0.5) is 0 Å². The van der Waals surface area contributed by atoms with Crippen LogP contribution in [0.3, 0.4) is 0 Å². The Morgan fingerprint density at radius 1 is 0.891 bits per heavy atom. The first kappa shape index (κ1) is 30.0. The number of hydrogen-bond donors (Lipinski definition) is 0. The van der Waals surface area contributed by atoms with E-state index in [0.717, 1.165) is 23.8 Å². The van der Waals surface area contributed by atoms with Crippen LogP contribution in [0.25, 0.3) is 17.3 Å². The fourth-order valence-electron chi connectivity index (χ4n) is 5.79. The zero-order valence-corrected chi connectivity index (χ0v) is 26.9. The number of piperazine rings is 1. The molecule has 1 aliphatic rings. The lowest BCUT2D eigenvalue weighted by molar-refractivity contribution is 0.0592. The third-order valence-corrected chi connectivity index (χ3v) is 9.97. The molecule has 1 aliphatic heterocycles. The first-order valence-electron chi connectivity index (χ1n) is 15.0. The van der Waals surface area contributed by atoms with Crippen LogP contribution in [-0.4, -0.2) is 68.7 Å². The second-order valence-electron chi connectivity index (χ2n) is 10.8. The van der Waals surface area contributed by atoms with Gasteiger partial charge in [-0.25, -0.2) is 4.98 Å². The molecule has 0 N–H and O–H groups in total. The van der Waals surface area contributed by atoms with Crippen LogP contribution >= 0.6 is 23.1 Å². The smallest absolute Gasteiger partial charge is 0.273 e. The number of para-hydroxylation sites is 2. The molecule has 3 aromatic heterocycles. The molecule has 0 spiro atoms. The van der Waals surface area contributed by atoms with Crippen LogP contribution in [0, 0.1) is 0 Å². The molecular formula is C35H32N6O3S2. The van der Waals surface area contributed by atoms with Gasteiger partial charge >= 0.3 is 0 Å². The van der Waals surface area contributed by atoms with E-state index in [-0.39, 0.29) is 11.9 Å². The molecule has 1 fully saturated rings. The summed E-state index contributed by atoms with van der Waals surface area (Å²) in [6.07, 6.45) is 1.61. The summed E-state index contributed by atoms with van der Waals surface area (Å²) in [5.74, 6) is 2.38. The van der Waals surface area contributed by atoms with E-state index in [4.69, 9.17) is 14.1 Å². The molecule has 0 unspecified atom stereocenters. The predicted octanol–water partition coefficient (Wildman–Crippen LogP) is 6.83. The number of nitrogens with zero attached hydrogens (tertiary/aromatic N) is 6. The largest absolute Gasteiger partial charge is 0.495 e. The molecule has 3 aromatic carbocycles. The van der Waals surface area contributed by atoms with Crippen molar-refractivity contribution < 1.29 is 13.9 Å². The molecule has 9 nitrogen and oxygen atoms in total. The van der Waals surface area contributed by atoms with Crippen molar-refractivity contribution in [3.05, 3.63) is 131 Å². The average molecular weight is 649 g/mol. The topological polar surface area (TPSA) is 89.5 Å². The highest BCUT2D eigenvalue weighted by molar-refractivity contribution is 7.98. The summed E-state index contributed by atoms with van der Waals surface area (Å²) in [5.41, 5.74) is 3.81. The van der Waals surface area contributed by atoms with Gasteiger partial charge in [-0.15, -0.1) is 21.5 Å². The van der Waals surface area contributed by atoms with Crippen molar-refractivity contribution in [2.45, 2.75) is 17.0 Å². The second kappa shape index (κ2) is 13.7. The zero-order valence-electron chi connectivity index (χ0n) is 25.2. The number of aromatic nitrogens is 4. The number of thioether (sulfide) groups is 1. The summed E-state index contributed by atoms with van der Waals surface area (Å²) in [7, 11) is 1.64. The monoisotopic (exact) mass is 648 g/mol. The van der Waals surface area contributed by atoms with Gasteiger partial charge in [0.15, 0.2) is 10.9 Å². The van der Waals surface area contributed by atoms with Gasteiger partial charge in [0.2, 0.25) is 5.82 Å². The fraction of sp³-hybridized carbons (Fsp3) is 0.200. The molecule has 7 rings (SSSR count). The van der Waals surface area contributed by atoms with E-state index in [1.54, 1.807) is 13.4 Å². The van der Waals surface area contributed by atoms with E-state index in [2.05, 4.69) is 63.6 Å². The predicted molar refractivity (Wildman–Crippen MR) is 179 cm³/mol. The van der Waals surface area contributed by atoms with Crippen molar-refractivity contribution in [1.82, 2.24) is 29.5 Å². The lowest BCUT2D eigenvalue weighted by atomic mass is 9.96. The molecule has 0 bridgehead atoms. The molecule has 1 amide bonds. The Morgan fingerprint density at radius 2 is 1.59 bits per heavy atom. The first-order valence-corrected chi connectivity index (χ1v) is 16.9. The van der Waals surface area contributed by atoms with Gasteiger partial charge in [0.25, 0.3) is 5.91 Å². The molecule has 0 saturated carbocycles. The summed E-state index contributed by atoms with van der Waals surface area (Å²) >= 11 is 2.99. The van der Waals surface area contributed by atoms with Crippen LogP contribution < -0.4 is 4.74 Å². The van der Waals surface area contributed by atoms with Crippen molar-refractivity contribution in [2.24, 2.45) is 0 Å². The van der Waals surface area contributed by atoms with Gasteiger partial charge in [-0.05, 0) is 35.4 Å². The Kier molecular flexibility index (Phi) is 8.95. The minimum atomic E-state index is -0.0274. The van der Waals surface area contributed by atoms with Crippen molar-refractivity contribution in [3.8, 4) is 23.0 Å². The lowest BCUT2D eigenvalue weighted by Gasteiger charge is -2.39. The molecule has 232 valence electrons. The Hall–Kier alpha value is -4.71. The van der Waals surface area contributed by atoms with E-state index in [9.17, 15) is 4.79 Å². The molecular weight excluding hydrogens is 617 g/mol. The van der Waals surface area contributed by atoms with E-state index in [1.807, 2.05) is 63.4 Å². The van der Waals surface area contributed by atoms with E-state index < -0.39 is 0 Å². The molecule has 4 heterocycles. The number of ether oxygens (including phenoxy) is 1. The maximum atomic E-state index is 13.5. The van der Waals surface area contributed by atoms with Gasteiger partial charge in [0.1, 0.15) is 16.5 Å². The van der Waals surface area contributed by atoms with Gasteiger partial charge in [-0.3, -0.25) is 14.3 Å². The number of carbonyl (C=O) groups excluding carboxylic acids is 1. The molecule has 46 heavy (non-hydrogen) atoms. The highest BCUT2D eigenvalue weighted by Crippen LogP contribution is 2.34. The van der Waals surface area contributed by atoms with Crippen LogP contribution in [0.2, 0.25) is 0 Å². The summed E-state index contributed by atoms with van der Waals surface area (Å²) in [5, 5.41) is 12.3. The van der Waals surface area contributed by atoms with E-state index in [1.165, 1.54) is 34.2 Å². The molecule has 0 aliphatic carbocycles.